The van der Waals surface area contributed by atoms with Gasteiger partial charge in [-0.15, -0.1) is 5.10 Å². The number of aromatic nitrogens is 4. The number of hydrogen-bond acceptors (Lipinski definition) is 6. The Kier molecular flexibility index (Phi) is 5.53. The Balaban J connectivity index is 1.47. The molecule has 0 aliphatic carbocycles. The van der Waals surface area contributed by atoms with Crippen LogP contribution >= 0.6 is 0 Å². The molecule has 1 amide bonds. The maximum absolute atomic E-state index is 12.7. The second-order valence-corrected chi connectivity index (χ2v) is 7.11. The van der Waals surface area contributed by atoms with E-state index in [0.29, 0.717) is 25.3 Å². The van der Waals surface area contributed by atoms with Gasteiger partial charge in [0.25, 0.3) is 5.91 Å². The monoisotopic (exact) mass is 393 g/mol. The Labute approximate surface area is 168 Å². The number of nitrogens with zero attached hydrogens (tertiary/aromatic N) is 4. The summed E-state index contributed by atoms with van der Waals surface area (Å²) in [5.74, 6) is 0.718. The smallest absolute Gasteiger partial charge is 0.251 e. The van der Waals surface area contributed by atoms with Crippen LogP contribution < -0.4 is 10.1 Å². The molecule has 0 saturated carbocycles. The summed E-state index contributed by atoms with van der Waals surface area (Å²) < 4.78 is 12.4. The zero-order chi connectivity index (χ0) is 20.1. The molecule has 1 N–H and O–H groups in total. The number of tetrazole rings is 1. The zero-order valence-corrected chi connectivity index (χ0v) is 16.2. The van der Waals surface area contributed by atoms with Crippen molar-refractivity contribution in [2.24, 2.45) is 0 Å². The van der Waals surface area contributed by atoms with Gasteiger partial charge in [0.05, 0.1) is 12.8 Å². The normalized spacial score (nSPS) is 15.6. The van der Waals surface area contributed by atoms with E-state index in [4.69, 9.17) is 9.47 Å². The van der Waals surface area contributed by atoms with Crippen molar-refractivity contribution in [2.75, 3.05) is 26.9 Å². The van der Waals surface area contributed by atoms with Crippen LogP contribution in [0.3, 0.4) is 0 Å². The van der Waals surface area contributed by atoms with E-state index in [9.17, 15) is 4.79 Å². The Morgan fingerprint density at radius 2 is 1.86 bits per heavy atom. The largest absolute Gasteiger partial charge is 0.497 e. The molecule has 0 radical (unpaired) electrons. The van der Waals surface area contributed by atoms with Gasteiger partial charge in [0.15, 0.2) is 0 Å². The van der Waals surface area contributed by atoms with Gasteiger partial charge < -0.3 is 14.8 Å². The zero-order valence-electron chi connectivity index (χ0n) is 16.2. The van der Waals surface area contributed by atoms with Gasteiger partial charge in [-0.3, -0.25) is 4.79 Å². The van der Waals surface area contributed by atoms with Gasteiger partial charge in [0.2, 0.25) is 0 Å². The molecule has 0 bridgehead atoms. The maximum Gasteiger partial charge on any atom is 0.251 e. The summed E-state index contributed by atoms with van der Waals surface area (Å²) >= 11 is 0. The van der Waals surface area contributed by atoms with Gasteiger partial charge in [-0.05, 0) is 65.2 Å². The Morgan fingerprint density at radius 3 is 2.48 bits per heavy atom. The fourth-order valence-electron chi connectivity index (χ4n) is 3.67. The number of methoxy groups -OCH3 is 1. The third kappa shape index (κ3) is 4.12. The lowest BCUT2D eigenvalue weighted by Crippen LogP contribution is -2.44. The van der Waals surface area contributed by atoms with E-state index >= 15 is 0 Å². The molecule has 2 aromatic carbocycles. The lowest BCUT2D eigenvalue weighted by Gasteiger charge is -2.38. The number of hydrogen-bond donors (Lipinski definition) is 1. The first-order valence-corrected chi connectivity index (χ1v) is 9.54. The molecule has 1 saturated heterocycles. The van der Waals surface area contributed by atoms with Crippen LogP contribution in [0.15, 0.2) is 54.9 Å². The van der Waals surface area contributed by atoms with Gasteiger partial charge in [-0.25, -0.2) is 4.68 Å². The van der Waals surface area contributed by atoms with Crippen LogP contribution in [0.4, 0.5) is 0 Å². The van der Waals surface area contributed by atoms with Crippen molar-refractivity contribution >= 4 is 5.91 Å². The van der Waals surface area contributed by atoms with E-state index in [1.54, 1.807) is 23.9 Å². The molecule has 8 nitrogen and oxygen atoms in total. The van der Waals surface area contributed by atoms with E-state index < -0.39 is 0 Å². The number of carbonyl (C=O) groups is 1. The van der Waals surface area contributed by atoms with Crippen molar-refractivity contribution in [1.29, 1.82) is 0 Å². The standard InChI is InChI=1S/C21H23N5O3/c1-28-19-8-4-17(5-9-19)21(10-12-29-13-11-21)14-22-20(27)16-2-6-18(7-3-16)26-15-23-24-25-26/h2-9,15H,10-14H2,1H3,(H,22,27). The summed E-state index contributed by atoms with van der Waals surface area (Å²) in [5.41, 5.74) is 2.44. The first-order valence-electron chi connectivity index (χ1n) is 9.54. The highest BCUT2D eigenvalue weighted by Gasteiger charge is 2.35. The minimum atomic E-state index is -0.146. The molecule has 1 aromatic heterocycles. The van der Waals surface area contributed by atoms with Gasteiger partial charge in [0, 0.05) is 30.7 Å². The molecule has 0 unspecified atom stereocenters. The van der Waals surface area contributed by atoms with Crippen LogP contribution in [0.25, 0.3) is 5.69 Å². The molecule has 0 spiro atoms. The van der Waals surface area contributed by atoms with Crippen molar-refractivity contribution < 1.29 is 14.3 Å². The number of carbonyl (C=O) groups excluding carboxylic acids is 1. The van der Waals surface area contributed by atoms with Crippen LogP contribution in [0, 0.1) is 0 Å². The SMILES string of the molecule is COc1ccc(C2(CNC(=O)c3ccc(-n4cnnn4)cc3)CCOCC2)cc1. The second-order valence-electron chi connectivity index (χ2n) is 7.11. The van der Waals surface area contributed by atoms with Gasteiger partial charge >= 0.3 is 0 Å². The summed E-state index contributed by atoms with van der Waals surface area (Å²) in [7, 11) is 1.66. The highest BCUT2D eigenvalue weighted by molar-refractivity contribution is 5.94. The number of nitrogens with one attached hydrogen (secondary N) is 1. The third-order valence-corrected chi connectivity index (χ3v) is 5.48. The maximum atomic E-state index is 12.7. The van der Waals surface area contributed by atoms with Crippen LogP contribution in [0.2, 0.25) is 0 Å². The van der Waals surface area contributed by atoms with Crippen LogP contribution in [-0.2, 0) is 10.2 Å². The molecule has 3 aromatic rings. The fraction of sp³-hybridized carbons (Fsp3) is 0.333. The van der Waals surface area contributed by atoms with Crippen molar-refractivity contribution in [3.05, 3.63) is 66.0 Å². The highest BCUT2D eigenvalue weighted by Crippen LogP contribution is 2.35. The van der Waals surface area contributed by atoms with Crippen molar-refractivity contribution in [2.45, 2.75) is 18.3 Å². The molecule has 4 rings (SSSR count). The average Bonchev–Trinajstić information content (AvgIpc) is 3.33. The van der Waals surface area contributed by atoms with Crippen LogP contribution in [0.5, 0.6) is 5.75 Å². The Bertz CT molecular complexity index is 933. The minimum Gasteiger partial charge on any atom is -0.497 e. The van der Waals surface area contributed by atoms with Crippen LogP contribution in [-0.4, -0.2) is 53.0 Å². The quantitative estimate of drug-likeness (QED) is 0.690. The van der Waals surface area contributed by atoms with E-state index in [0.717, 1.165) is 24.3 Å². The molecular formula is C21H23N5O3. The molecule has 0 atom stereocenters. The summed E-state index contributed by atoms with van der Waals surface area (Å²) in [6, 6.07) is 15.3. The van der Waals surface area contributed by atoms with Gasteiger partial charge in [0.1, 0.15) is 12.1 Å². The molecule has 29 heavy (non-hydrogen) atoms. The molecule has 1 aliphatic rings. The lowest BCUT2D eigenvalue weighted by molar-refractivity contribution is 0.0487. The van der Waals surface area contributed by atoms with Crippen molar-refractivity contribution in [3.8, 4) is 11.4 Å². The summed E-state index contributed by atoms with van der Waals surface area (Å²) in [4.78, 5) is 12.7. The number of benzene rings is 2. The molecule has 1 fully saturated rings. The lowest BCUT2D eigenvalue weighted by atomic mass is 9.74. The minimum absolute atomic E-state index is 0.104. The Hall–Kier alpha value is -3.26. The first-order chi connectivity index (χ1) is 14.2. The fourth-order valence-corrected chi connectivity index (χ4v) is 3.67. The van der Waals surface area contributed by atoms with E-state index in [2.05, 4.69) is 33.0 Å². The summed E-state index contributed by atoms with van der Waals surface area (Å²) in [5, 5.41) is 14.2. The molecule has 8 heteroatoms. The summed E-state index contributed by atoms with van der Waals surface area (Å²) in [6.07, 6.45) is 3.23. The van der Waals surface area contributed by atoms with Crippen molar-refractivity contribution in [1.82, 2.24) is 25.5 Å². The number of ether oxygens (including phenoxy) is 2. The van der Waals surface area contributed by atoms with Crippen molar-refractivity contribution in [3.63, 3.8) is 0 Å². The van der Waals surface area contributed by atoms with Gasteiger partial charge in [-0.2, -0.15) is 0 Å². The van der Waals surface area contributed by atoms with E-state index in [1.165, 1.54) is 11.9 Å². The second kappa shape index (κ2) is 8.40. The van der Waals surface area contributed by atoms with Crippen LogP contribution in [0.1, 0.15) is 28.8 Å². The number of amides is 1. The van der Waals surface area contributed by atoms with E-state index in [1.807, 2.05) is 24.3 Å². The predicted molar refractivity (Wildman–Crippen MR) is 106 cm³/mol. The third-order valence-electron chi connectivity index (χ3n) is 5.48. The first kappa shape index (κ1) is 19.1. The highest BCUT2D eigenvalue weighted by atomic mass is 16.5. The molecule has 150 valence electrons. The molecule has 2 heterocycles. The molecular weight excluding hydrogens is 370 g/mol. The topological polar surface area (TPSA) is 91.2 Å². The van der Waals surface area contributed by atoms with Gasteiger partial charge in [-0.1, -0.05) is 12.1 Å². The molecule has 1 aliphatic heterocycles. The number of rotatable bonds is 6. The predicted octanol–water partition coefficient (Wildman–Crippen LogP) is 2.15. The summed E-state index contributed by atoms with van der Waals surface area (Å²) in [6.45, 7) is 1.92. The average molecular weight is 393 g/mol. The Morgan fingerprint density at radius 1 is 1.14 bits per heavy atom. The van der Waals surface area contributed by atoms with E-state index in [-0.39, 0.29) is 11.3 Å².